The van der Waals surface area contributed by atoms with Crippen LogP contribution >= 0.6 is 0 Å². The summed E-state index contributed by atoms with van der Waals surface area (Å²) in [5, 5.41) is 3.33. The number of hydrogen-bond acceptors (Lipinski definition) is 2. The third kappa shape index (κ3) is 1.50. The van der Waals surface area contributed by atoms with Gasteiger partial charge in [-0.2, -0.15) is 0 Å². The fourth-order valence-corrected chi connectivity index (χ4v) is 2.19. The predicted octanol–water partition coefficient (Wildman–Crippen LogP) is 1.93. The molecule has 0 amide bonds. The Morgan fingerprint density at radius 2 is 1.71 bits per heavy atom. The third-order valence-corrected chi connectivity index (χ3v) is 3.17. The Morgan fingerprint density at radius 3 is 2.29 bits per heavy atom. The highest BCUT2D eigenvalue weighted by atomic mass is 15.1. The Labute approximate surface area is 84.9 Å². The highest BCUT2D eigenvalue weighted by molar-refractivity contribution is 5.49. The topological polar surface area (TPSA) is 25.2 Å². The standard InChI is InChI=1S/C12H16N2/c1-2-8-14(7-1)11-5-3-10(4-6-11)12-9-13-12/h3-6,12-13H,1-2,7-9H2/t12-/m1/s1. The first kappa shape index (κ1) is 8.30. The maximum Gasteiger partial charge on any atom is 0.0447 e. The van der Waals surface area contributed by atoms with E-state index < -0.39 is 0 Å². The van der Waals surface area contributed by atoms with E-state index in [4.69, 9.17) is 0 Å². The maximum absolute atomic E-state index is 3.33. The molecular weight excluding hydrogens is 172 g/mol. The van der Waals surface area contributed by atoms with Crippen LogP contribution in [0.1, 0.15) is 24.4 Å². The molecule has 0 aromatic heterocycles. The molecule has 2 saturated heterocycles. The number of hydrogen-bond donors (Lipinski definition) is 1. The maximum atomic E-state index is 3.33. The minimum atomic E-state index is 0.641. The predicted molar refractivity (Wildman–Crippen MR) is 58.6 cm³/mol. The molecule has 2 nitrogen and oxygen atoms in total. The van der Waals surface area contributed by atoms with Crippen LogP contribution in [0.4, 0.5) is 5.69 Å². The molecule has 2 fully saturated rings. The second-order valence-electron chi connectivity index (χ2n) is 4.25. The van der Waals surface area contributed by atoms with Crippen molar-refractivity contribution in [2.45, 2.75) is 18.9 Å². The summed E-state index contributed by atoms with van der Waals surface area (Å²) in [7, 11) is 0. The fraction of sp³-hybridized carbons (Fsp3) is 0.500. The summed E-state index contributed by atoms with van der Waals surface area (Å²) >= 11 is 0. The van der Waals surface area contributed by atoms with Gasteiger partial charge in [-0.15, -0.1) is 0 Å². The van der Waals surface area contributed by atoms with Crippen LogP contribution in [0.15, 0.2) is 24.3 Å². The molecule has 2 aliphatic heterocycles. The first-order valence-corrected chi connectivity index (χ1v) is 5.52. The number of anilines is 1. The van der Waals surface area contributed by atoms with E-state index in [2.05, 4.69) is 34.5 Å². The van der Waals surface area contributed by atoms with Crippen LogP contribution in [0.2, 0.25) is 0 Å². The van der Waals surface area contributed by atoms with Gasteiger partial charge in [-0.25, -0.2) is 0 Å². The Bertz CT molecular complexity index is 308. The van der Waals surface area contributed by atoms with Gasteiger partial charge in [0.25, 0.3) is 0 Å². The van der Waals surface area contributed by atoms with Crippen LogP contribution < -0.4 is 10.2 Å². The van der Waals surface area contributed by atoms with Crippen molar-refractivity contribution in [3.8, 4) is 0 Å². The summed E-state index contributed by atoms with van der Waals surface area (Å²) in [4.78, 5) is 2.48. The van der Waals surface area contributed by atoms with Gasteiger partial charge in [-0.3, -0.25) is 0 Å². The summed E-state index contributed by atoms with van der Waals surface area (Å²) in [6, 6.07) is 9.69. The zero-order chi connectivity index (χ0) is 9.38. The van der Waals surface area contributed by atoms with E-state index >= 15 is 0 Å². The Kier molecular flexibility index (Phi) is 1.95. The zero-order valence-electron chi connectivity index (χ0n) is 8.37. The lowest BCUT2D eigenvalue weighted by molar-refractivity contribution is 0.949. The lowest BCUT2D eigenvalue weighted by Crippen LogP contribution is -2.17. The van der Waals surface area contributed by atoms with E-state index in [0.29, 0.717) is 6.04 Å². The second kappa shape index (κ2) is 3.28. The monoisotopic (exact) mass is 188 g/mol. The van der Waals surface area contributed by atoms with E-state index in [0.717, 1.165) is 6.54 Å². The van der Waals surface area contributed by atoms with Crippen molar-refractivity contribution in [1.29, 1.82) is 0 Å². The van der Waals surface area contributed by atoms with Crippen LogP contribution in [0, 0.1) is 0 Å². The van der Waals surface area contributed by atoms with Crippen LogP contribution in [0.5, 0.6) is 0 Å². The number of nitrogens with one attached hydrogen (secondary N) is 1. The summed E-state index contributed by atoms with van der Waals surface area (Å²) < 4.78 is 0. The van der Waals surface area contributed by atoms with Gasteiger partial charge in [0, 0.05) is 31.4 Å². The third-order valence-electron chi connectivity index (χ3n) is 3.17. The molecule has 0 saturated carbocycles. The van der Waals surface area contributed by atoms with Gasteiger partial charge in [0.05, 0.1) is 0 Å². The van der Waals surface area contributed by atoms with Crippen molar-refractivity contribution in [1.82, 2.24) is 5.32 Å². The Balaban J connectivity index is 1.78. The molecule has 0 aliphatic carbocycles. The van der Waals surface area contributed by atoms with E-state index in [9.17, 15) is 0 Å². The molecule has 14 heavy (non-hydrogen) atoms. The minimum Gasteiger partial charge on any atom is -0.372 e. The number of benzene rings is 1. The molecule has 0 spiro atoms. The van der Waals surface area contributed by atoms with Gasteiger partial charge in [0.2, 0.25) is 0 Å². The normalized spacial score (nSPS) is 25.4. The molecule has 2 aliphatic rings. The van der Waals surface area contributed by atoms with Crippen molar-refractivity contribution in [2.75, 3.05) is 24.5 Å². The van der Waals surface area contributed by atoms with Crippen molar-refractivity contribution in [3.63, 3.8) is 0 Å². The summed E-state index contributed by atoms with van der Waals surface area (Å²) in [6.45, 7) is 3.63. The van der Waals surface area contributed by atoms with Gasteiger partial charge in [-0.05, 0) is 30.5 Å². The molecule has 74 valence electrons. The van der Waals surface area contributed by atoms with E-state index in [1.807, 2.05) is 0 Å². The smallest absolute Gasteiger partial charge is 0.0447 e. The molecular formula is C12H16N2. The molecule has 3 rings (SSSR count). The van der Waals surface area contributed by atoms with Gasteiger partial charge >= 0.3 is 0 Å². The lowest BCUT2D eigenvalue weighted by atomic mass is 10.1. The molecule has 1 aromatic rings. The molecule has 0 bridgehead atoms. The van der Waals surface area contributed by atoms with Gasteiger partial charge < -0.3 is 10.2 Å². The Morgan fingerprint density at radius 1 is 1.07 bits per heavy atom. The number of rotatable bonds is 2. The molecule has 0 radical (unpaired) electrons. The molecule has 1 aromatic carbocycles. The first-order chi connectivity index (χ1) is 6.93. The Hall–Kier alpha value is -1.02. The van der Waals surface area contributed by atoms with Crippen molar-refractivity contribution in [3.05, 3.63) is 29.8 Å². The molecule has 2 heteroatoms. The summed E-state index contributed by atoms with van der Waals surface area (Å²) in [5.74, 6) is 0. The average Bonchev–Trinajstić information content (AvgIpc) is 2.94. The van der Waals surface area contributed by atoms with Crippen molar-refractivity contribution < 1.29 is 0 Å². The van der Waals surface area contributed by atoms with Crippen molar-refractivity contribution in [2.24, 2.45) is 0 Å². The van der Waals surface area contributed by atoms with Crippen LogP contribution in [-0.2, 0) is 0 Å². The highest BCUT2D eigenvalue weighted by Gasteiger charge is 2.22. The fourth-order valence-electron chi connectivity index (χ4n) is 2.19. The van der Waals surface area contributed by atoms with E-state index in [-0.39, 0.29) is 0 Å². The SMILES string of the molecule is c1cc(N2CCCC2)ccc1[C@H]1CN1. The molecule has 0 unspecified atom stereocenters. The van der Waals surface area contributed by atoms with Gasteiger partial charge in [0.15, 0.2) is 0 Å². The molecule has 1 atom stereocenters. The molecule has 2 heterocycles. The lowest BCUT2D eigenvalue weighted by Gasteiger charge is -2.17. The highest BCUT2D eigenvalue weighted by Crippen LogP contribution is 2.25. The number of nitrogens with zero attached hydrogens (tertiary/aromatic N) is 1. The van der Waals surface area contributed by atoms with Crippen LogP contribution in [0.25, 0.3) is 0 Å². The van der Waals surface area contributed by atoms with Crippen molar-refractivity contribution >= 4 is 5.69 Å². The summed E-state index contributed by atoms with van der Waals surface area (Å²) in [6.07, 6.45) is 2.71. The largest absolute Gasteiger partial charge is 0.372 e. The van der Waals surface area contributed by atoms with Gasteiger partial charge in [0.1, 0.15) is 0 Å². The second-order valence-corrected chi connectivity index (χ2v) is 4.25. The molecule has 1 N–H and O–H groups in total. The van der Waals surface area contributed by atoms with Crippen LogP contribution in [0.3, 0.4) is 0 Å². The average molecular weight is 188 g/mol. The van der Waals surface area contributed by atoms with Gasteiger partial charge in [-0.1, -0.05) is 12.1 Å². The zero-order valence-corrected chi connectivity index (χ0v) is 8.37. The first-order valence-electron chi connectivity index (χ1n) is 5.52. The minimum absolute atomic E-state index is 0.641. The quantitative estimate of drug-likeness (QED) is 0.717. The van der Waals surface area contributed by atoms with Crippen LogP contribution in [-0.4, -0.2) is 19.6 Å². The van der Waals surface area contributed by atoms with E-state index in [1.165, 1.54) is 37.2 Å². The summed E-state index contributed by atoms with van der Waals surface area (Å²) in [5.41, 5.74) is 2.83. The van der Waals surface area contributed by atoms with E-state index in [1.54, 1.807) is 0 Å².